The number of nitrogens with zero attached hydrogens (tertiary/aromatic N) is 3. The second-order valence-corrected chi connectivity index (χ2v) is 5.11. The molecule has 1 N–H and O–H groups in total. The van der Waals surface area contributed by atoms with Gasteiger partial charge in [-0.3, -0.25) is 0 Å². The van der Waals surface area contributed by atoms with E-state index >= 15 is 0 Å². The lowest BCUT2D eigenvalue weighted by Gasteiger charge is -2.20. The smallest absolute Gasteiger partial charge is 0.354 e. The van der Waals surface area contributed by atoms with Crippen molar-refractivity contribution in [3.05, 3.63) is 53.7 Å². The summed E-state index contributed by atoms with van der Waals surface area (Å²) >= 11 is 0. The average molecular weight is 285 g/mol. The van der Waals surface area contributed by atoms with Crippen LogP contribution < -0.4 is 9.80 Å². The Bertz CT molecular complexity index is 641. The van der Waals surface area contributed by atoms with Gasteiger partial charge in [0, 0.05) is 33.4 Å². The first-order valence-corrected chi connectivity index (χ1v) is 6.65. The molecule has 0 amide bonds. The molecular formula is C16H19N3O2. The Balaban J connectivity index is 2.17. The van der Waals surface area contributed by atoms with Crippen LogP contribution in [0.25, 0.3) is 0 Å². The van der Waals surface area contributed by atoms with E-state index in [-0.39, 0.29) is 5.69 Å². The molecule has 0 spiro atoms. The minimum atomic E-state index is -1.01. The number of benzene rings is 1. The molecule has 0 radical (unpaired) electrons. The zero-order valence-corrected chi connectivity index (χ0v) is 12.4. The summed E-state index contributed by atoms with van der Waals surface area (Å²) < 4.78 is 0. The molecule has 110 valence electrons. The van der Waals surface area contributed by atoms with E-state index in [0.29, 0.717) is 12.4 Å². The number of carbonyl (C=O) groups is 1. The summed E-state index contributed by atoms with van der Waals surface area (Å²) in [5.74, 6) is -0.370. The first-order valence-electron chi connectivity index (χ1n) is 6.65. The summed E-state index contributed by atoms with van der Waals surface area (Å²) in [6.45, 7) is 0.664. The Kier molecular flexibility index (Phi) is 4.42. The Morgan fingerprint density at radius 3 is 2.52 bits per heavy atom. The SMILES string of the molecule is CN(C)c1cccc(CN(C)c2cccc(C(=O)O)n2)c1. The summed E-state index contributed by atoms with van der Waals surface area (Å²) in [7, 11) is 5.90. The molecule has 1 aromatic carbocycles. The second kappa shape index (κ2) is 6.26. The molecule has 2 aromatic rings. The fraction of sp³-hybridized carbons (Fsp3) is 0.250. The molecule has 0 bridgehead atoms. The van der Waals surface area contributed by atoms with Crippen molar-refractivity contribution in [1.29, 1.82) is 0 Å². The summed E-state index contributed by atoms with van der Waals surface area (Å²) in [4.78, 5) is 19.1. The van der Waals surface area contributed by atoms with Crippen molar-refractivity contribution in [1.82, 2.24) is 4.98 Å². The van der Waals surface area contributed by atoms with Gasteiger partial charge < -0.3 is 14.9 Å². The molecule has 0 fully saturated rings. The van der Waals surface area contributed by atoms with Gasteiger partial charge >= 0.3 is 5.97 Å². The minimum absolute atomic E-state index is 0.0568. The number of hydrogen-bond acceptors (Lipinski definition) is 4. The Morgan fingerprint density at radius 1 is 1.14 bits per heavy atom. The van der Waals surface area contributed by atoms with Gasteiger partial charge in [-0.05, 0) is 29.8 Å². The van der Waals surface area contributed by atoms with E-state index < -0.39 is 5.97 Å². The maximum absolute atomic E-state index is 11.0. The topological polar surface area (TPSA) is 56.7 Å². The van der Waals surface area contributed by atoms with Crippen LogP contribution in [0.1, 0.15) is 16.1 Å². The summed E-state index contributed by atoms with van der Waals surface area (Å²) in [5, 5.41) is 8.99. The molecule has 5 nitrogen and oxygen atoms in total. The lowest BCUT2D eigenvalue weighted by atomic mass is 10.2. The standard InChI is InChI=1S/C16H19N3O2/c1-18(2)13-7-4-6-12(10-13)11-19(3)15-9-5-8-14(17-15)16(20)21/h4-10H,11H2,1-3H3,(H,20,21). The fourth-order valence-corrected chi connectivity index (χ4v) is 2.04. The molecule has 21 heavy (non-hydrogen) atoms. The fourth-order valence-electron chi connectivity index (χ4n) is 2.04. The first-order chi connectivity index (χ1) is 9.97. The van der Waals surface area contributed by atoms with E-state index in [1.807, 2.05) is 55.2 Å². The summed E-state index contributed by atoms with van der Waals surface area (Å²) in [6.07, 6.45) is 0. The molecule has 2 rings (SSSR count). The van der Waals surface area contributed by atoms with Gasteiger partial charge in [-0.25, -0.2) is 9.78 Å². The predicted octanol–water partition coefficient (Wildman–Crippen LogP) is 2.48. The Morgan fingerprint density at radius 2 is 1.86 bits per heavy atom. The number of hydrogen-bond donors (Lipinski definition) is 1. The molecule has 0 atom stereocenters. The van der Waals surface area contributed by atoms with Gasteiger partial charge in [0.2, 0.25) is 0 Å². The lowest BCUT2D eigenvalue weighted by molar-refractivity contribution is 0.0690. The van der Waals surface area contributed by atoms with Crippen LogP contribution in [0.15, 0.2) is 42.5 Å². The van der Waals surface area contributed by atoms with Crippen LogP contribution in [0.3, 0.4) is 0 Å². The van der Waals surface area contributed by atoms with Crippen LogP contribution in [0.2, 0.25) is 0 Å². The van der Waals surface area contributed by atoms with Crippen LogP contribution in [0.4, 0.5) is 11.5 Å². The highest BCUT2D eigenvalue weighted by Crippen LogP contribution is 2.17. The molecule has 0 saturated heterocycles. The number of carboxylic acids is 1. The number of carboxylic acid groups (broad SMARTS) is 1. The number of anilines is 2. The van der Waals surface area contributed by atoms with Crippen LogP contribution in [-0.2, 0) is 6.54 Å². The summed E-state index contributed by atoms with van der Waals surface area (Å²) in [5.41, 5.74) is 2.33. The monoisotopic (exact) mass is 285 g/mol. The average Bonchev–Trinajstić information content (AvgIpc) is 2.47. The van der Waals surface area contributed by atoms with E-state index in [2.05, 4.69) is 11.1 Å². The van der Waals surface area contributed by atoms with Gasteiger partial charge in [-0.2, -0.15) is 0 Å². The molecule has 0 aliphatic heterocycles. The number of rotatable bonds is 5. The third kappa shape index (κ3) is 3.72. The van der Waals surface area contributed by atoms with Crippen LogP contribution in [-0.4, -0.2) is 37.2 Å². The zero-order chi connectivity index (χ0) is 15.4. The van der Waals surface area contributed by atoms with Gasteiger partial charge in [0.15, 0.2) is 5.69 Å². The van der Waals surface area contributed by atoms with E-state index in [1.165, 1.54) is 6.07 Å². The van der Waals surface area contributed by atoms with Gasteiger partial charge in [-0.15, -0.1) is 0 Å². The molecule has 0 unspecified atom stereocenters. The van der Waals surface area contributed by atoms with Crippen LogP contribution in [0, 0.1) is 0 Å². The van der Waals surface area contributed by atoms with Crippen molar-refractivity contribution >= 4 is 17.5 Å². The van der Waals surface area contributed by atoms with Gasteiger partial charge in [-0.1, -0.05) is 18.2 Å². The quantitative estimate of drug-likeness (QED) is 0.914. The zero-order valence-electron chi connectivity index (χ0n) is 12.4. The third-order valence-corrected chi connectivity index (χ3v) is 3.19. The van der Waals surface area contributed by atoms with E-state index in [1.54, 1.807) is 6.07 Å². The molecule has 0 aliphatic rings. The molecule has 5 heteroatoms. The van der Waals surface area contributed by atoms with Gasteiger partial charge in [0.1, 0.15) is 5.82 Å². The van der Waals surface area contributed by atoms with E-state index in [4.69, 9.17) is 5.11 Å². The molecule has 1 heterocycles. The minimum Gasteiger partial charge on any atom is -0.477 e. The largest absolute Gasteiger partial charge is 0.477 e. The van der Waals surface area contributed by atoms with Crippen molar-refractivity contribution in [2.24, 2.45) is 0 Å². The van der Waals surface area contributed by atoms with Crippen LogP contribution in [0.5, 0.6) is 0 Å². The maximum Gasteiger partial charge on any atom is 0.354 e. The molecule has 0 aliphatic carbocycles. The molecule has 1 aromatic heterocycles. The first kappa shape index (κ1) is 14.8. The Hall–Kier alpha value is -2.56. The highest BCUT2D eigenvalue weighted by molar-refractivity contribution is 5.85. The highest BCUT2D eigenvalue weighted by atomic mass is 16.4. The van der Waals surface area contributed by atoms with Crippen molar-refractivity contribution in [2.45, 2.75) is 6.54 Å². The molecule has 0 saturated carbocycles. The highest BCUT2D eigenvalue weighted by Gasteiger charge is 2.09. The van der Waals surface area contributed by atoms with Crippen molar-refractivity contribution in [3.63, 3.8) is 0 Å². The third-order valence-electron chi connectivity index (χ3n) is 3.19. The predicted molar refractivity (Wildman–Crippen MR) is 84.1 cm³/mol. The van der Waals surface area contributed by atoms with Gasteiger partial charge in [0.25, 0.3) is 0 Å². The number of aromatic carboxylic acids is 1. The van der Waals surface area contributed by atoms with Crippen molar-refractivity contribution in [3.8, 4) is 0 Å². The lowest BCUT2D eigenvalue weighted by Crippen LogP contribution is -2.19. The number of aromatic nitrogens is 1. The summed E-state index contributed by atoms with van der Waals surface area (Å²) in [6, 6.07) is 13.2. The van der Waals surface area contributed by atoms with Crippen molar-refractivity contribution < 1.29 is 9.90 Å². The molecular weight excluding hydrogens is 266 g/mol. The van der Waals surface area contributed by atoms with Crippen molar-refractivity contribution in [2.75, 3.05) is 30.9 Å². The second-order valence-electron chi connectivity index (χ2n) is 5.11. The van der Waals surface area contributed by atoms with Gasteiger partial charge in [0.05, 0.1) is 0 Å². The Labute approximate surface area is 124 Å². The van der Waals surface area contributed by atoms with E-state index in [0.717, 1.165) is 11.3 Å². The van der Waals surface area contributed by atoms with E-state index in [9.17, 15) is 4.79 Å². The maximum atomic E-state index is 11.0. The van der Waals surface area contributed by atoms with Crippen LogP contribution >= 0.6 is 0 Å². The normalized spacial score (nSPS) is 10.2. The number of pyridine rings is 1.